The van der Waals surface area contributed by atoms with Crippen molar-refractivity contribution in [1.82, 2.24) is 4.31 Å². The molecule has 0 aromatic heterocycles. The van der Waals surface area contributed by atoms with Crippen LogP contribution in [0.2, 0.25) is 0 Å². The number of hydrogen-bond donors (Lipinski definition) is 1. The largest absolute Gasteiger partial charge is 0.329 e. The third-order valence-corrected chi connectivity index (χ3v) is 5.56. The van der Waals surface area contributed by atoms with Crippen LogP contribution in [0, 0.1) is 5.92 Å². The number of nitrogens with two attached hydrogens (primary N) is 1. The van der Waals surface area contributed by atoms with Gasteiger partial charge in [0.05, 0.1) is 5.25 Å². The fourth-order valence-electron chi connectivity index (χ4n) is 1.60. The lowest BCUT2D eigenvalue weighted by Gasteiger charge is -2.27. The topological polar surface area (TPSA) is 63.4 Å². The molecule has 0 rings (SSSR count). The zero-order valence-corrected chi connectivity index (χ0v) is 11.8. The predicted octanol–water partition coefficient (Wildman–Crippen LogP) is 1.42. The minimum absolute atomic E-state index is 0.204. The molecule has 0 aromatic carbocycles. The molecule has 0 saturated carbocycles. The fraction of sp³-hybridized carbons (Fsp3) is 1.00. The highest BCUT2D eigenvalue weighted by atomic mass is 32.2. The van der Waals surface area contributed by atoms with Crippen LogP contribution in [0.25, 0.3) is 0 Å². The quantitative estimate of drug-likeness (QED) is 0.708. The van der Waals surface area contributed by atoms with E-state index in [1.165, 1.54) is 0 Å². The first-order chi connectivity index (χ1) is 7.43. The SMILES string of the molecule is CCC(C)CN(CC)S(=O)(=O)C(CC)CN. The maximum atomic E-state index is 12.2. The van der Waals surface area contributed by atoms with Crippen molar-refractivity contribution in [3.63, 3.8) is 0 Å². The van der Waals surface area contributed by atoms with Gasteiger partial charge in [-0.25, -0.2) is 12.7 Å². The molecular formula is C11H26N2O2S. The highest BCUT2D eigenvalue weighted by Gasteiger charge is 2.29. The molecule has 0 aliphatic rings. The molecule has 0 saturated heterocycles. The summed E-state index contributed by atoms with van der Waals surface area (Å²) in [5.74, 6) is 0.394. The van der Waals surface area contributed by atoms with Crippen molar-refractivity contribution in [1.29, 1.82) is 0 Å². The van der Waals surface area contributed by atoms with Crippen LogP contribution < -0.4 is 5.73 Å². The molecule has 0 aromatic rings. The molecule has 0 aliphatic heterocycles. The highest BCUT2D eigenvalue weighted by molar-refractivity contribution is 7.89. The van der Waals surface area contributed by atoms with Gasteiger partial charge in [0, 0.05) is 19.6 Å². The molecular weight excluding hydrogens is 224 g/mol. The van der Waals surface area contributed by atoms with Gasteiger partial charge in [0.15, 0.2) is 0 Å². The van der Waals surface area contributed by atoms with Gasteiger partial charge in [-0.15, -0.1) is 0 Å². The number of sulfonamides is 1. The van der Waals surface area contributed by atoms with Gasteiger partial charge in [-0.05, 0) is 12.3 Å². The van der Waals surface area contributed by atoms with Gasteiger partial charge in [-0.1, -0.05) is 34.1 Å². The van der Waals surface area contributed by atoms with E-state index in [1.807, 2.05) is 13.8 Å². The van der Waals surface area contributed by atoms with Crippen LogP contribution in [-0.2, 0) is 10.0 Å². The molecule has 2 N–H and O–H groups in total. The van der Waals surface area contributed by atoms with Crippen LogP contribution in [0.3, 0.4) is 0 Å². The van der Waals surface area contributed by atoms with Gasteiger partial charge in [0.2, 0.25) is 10.0 Å². The molecule has 0 aliphatic carbocycles. The maximum Gasteiger partial charge on any atom is 0.218 e. The molecule has 5 heteroatoms. The Morgan fingerprint density at radius 3 is 2.06 bits per heavy atom. The normalized spacial score (nSPS) is 16.4. The van der Waals surface area contributed by atoms with E-state index in [1.54, 1.807) is 4.31 Å². The van der Waals surface area contributed by atoms with Crippen molar-refractivity contribution >= 4 is 10.0 Å². The maximum absolute atomic E-state index is 12.2. The molecule has 0 spiro atoms. The molecule has 98 valence electrons. The number of rotatable bonds is 8. The van der Waals surface area contributed by atoms with Crippen molar-refractivity contribution in [2.45, 2.75) is 45.8 Å². The van der Waals surface area contributed by atoms with Crippen LogP contribution in [0.5, 0.6) is 0 Å². The second-order valence-electron chi connectivity index (χ2n) is 4.27. The van der Waals surface area contributed by atoms with Crippen molar-refractivity contribution in [3.05, 3.63) is 0 Å². The number of hydrogen-bond acceptors (Lipinski definition) is 3. The first-order valence-corrected chi connectivity index (χ1v) is 7.63. The zero-order chi connectivity index (χ0) is 12.8. The molecule has 2 unspecified atom stereocenters. The van der Waals surface area contributed by atoms with Crippen molar-refractivity contribution in [2.75, 3.05) is 19.6 Å². The van der Waals surface area contributed by atoms with Crippen LogP contribution in [0.15, 0.2) is 0 Å². The molecule has 2 atom stereocenters. The Morgan fingerprint density at radius 2 is 1.75 bits per heavy atom. The molecule has 0 radical (unpaired) electrons. The summed E-state index contributed by atoms with van der Waals surface area (Å²) in [6.45, 7) is 9.23. The van der Waals surface area contributed by atoms with Gasteiger partial charge in [0.1, 0.15) is 0 Å². The average molecular weight is 250 g/mol. The Kier molecular flexibility index (Phi) is 7.19. The summed E-state index contributed by atoms with van der Waals surface area (Å²) in [4.78, 5) is 0. The first-order valence-electron chi connectivity index (χ1n) is 6.12. The summed E-state index contributed by atoms with van der Waals surface area (Å²) < 4.78 is 26.0. The zero-order valence-electron chi connectivity index (χ0n) is 10.9. The van der Waals surface area contributed by atoms with E-state index in [2.05, 4.69) is 13.8 Å². The summed E-state index contributed by atoms with van der Waals surface area (Å²) in [7, 11) is -3.21. The fourth-order valence-corrected chi connectivity index (χ4v) is 3.51. The first kappa shape index (κ1) is 15.9. The average Bonchev–Trinajstić information content (AvgIpc) is 2.26. The van der Waals surface area contributed by atoms with Crippen LogP contribution in [0.1, 0.15) is 40.5 Å². The Balaban J connectivity index is 4.79. The van der Waals surface area contributed by atoms with E-state index >= 15 is 0 Å². The second kappa shape index (κ2) is 7.25. The Morgan fingerprint density at radius 1 is 1.19 bits per heavy atom. The molecule has 0 fully saturated rings. The van der Waals surface area contributed by atoms with Crippen molar-refractivity contribution in [2.24, 2.45) is 11.7 Å². The van der Waals surface area contributed by atoms with Gasteiger partial charge in [-0.3, -0.25) is 0 Å². The van der Waals surface area contributed by atoms with Crippen LogP contribution in [-0.4, -0.2) is 37.6 Å². The molecule has 0 heterocycles. The molecule has 16 heavy (non-hydrogen) atoms. The minimum atomic E-state index is -3.21. The van der Waals surface area contributed by atoms with Crippen LogP contribution >= 0.6 is 0 Å². The molecule has 0 bridgehead atoms. The van der Waals surface area contributed by atoms with E-state index in [4.69, 9.17) is 5.73 Å². The summed E-state index contributed by atoms with van der Waals surface area (Å²) >= 11 is 0. The lowest BCUT2D eigenvalue weighted by atomic mass is 10.1. The Bertz CT molecular complexity index is 274. The van der Waals surface area contributed by atoms with Crippen LogP contribution in [0.4, 0.5) is 0 Å². The third kappa shape index (κ3) is 4.03. The van der Waals surface area contributed by atoms with E-state index in [-0.39, 0.29) is 6.54 Å². The van der Waals surface area contributed by atoms with E-state index in [0.29, 0.717) is 25.4 Å². The Hall–Kier alpha value is -0.130. The third-order valence-electron chi connectivity index (χ3n) is 3.06. The van der Waals surface area contributed by atoms with Gasteiger partial charge in [0.25, 0.3) is 0 Å². The van der Waals surface area contributed by atoms with Gasteiger partial charge < -0.3 is 5.73 Å². The lowest BCUT2D eigenvalue weighted by Crippen LogP contribution is -2.43. The van der Waals surface area contributed by atoms with E-state index < -0.39 is 15.3 Å². The molecule has 0 amide bonds. The van der Waals surface area contributed by atoms with Crippen molar-refractivity contribution in [3.8, 4) is 0 Å². The summed E-state index contributed by atoms with van der Waals surface area (Å²) in [5, 5.41) is -0.434. The van der Waals surface area contributed by atoms with Crippen molar-refractivity contribution < 1.29 is 8.42 Å². The van der Waals surface area contributed by atoms with E-state index in [0.717, 1.165) is 6.42 Å². The summed E-state index contributed by atoms with van der Waals surface area (Å²) in [5.41, 5.74) is 5.52. The summed E-state index contributed by atoms with van der Waals surface area (Å²) in [6.07, 6.45) is 1.57. The number of nitrogens with zero attached hydrogens (tertiary/aromatic N) is 1. The van der Waals surface area contributed by atoms with E-state index in [9.17, 15) is 8.42 Å². The Labute approximate surface area is 100 Å². The standard InChI is InChI=1S/C11H26N2O2S/c1-5-10(4)9-13(7-3)16(14,15)11(6-2)8-12/h10-11H,5-9,12H2,1-4H3. The lowest BCUT2D eigenvalue weighted by molar-refractivity contribution is 0.356. The smallest absolute Gasteiger partial charge is 0.218 e. The monoisotopic (exact) mass is 250 g/mol. The highest BCUT2D eigenvalue weighted by Crippen LogP contribution is 2.14. The minimum Gasteiger partial charge on any atom is -0.329 e. The summed E-state index contributed by atoms with van der Waals surface area (Å²) in [6, 6.07) is 0. The predicted molar refractivity (Wildman–Crippen MR) is 68.8 cm³/mol. The van der Waals surface area contributed by atoms with Gasteiger partial charge >= 0.3 is 0 Å². The second-order valence-corrected chi connectivity index (χ2v) is 6.49. The molecule has 4 nitrogen and oxygen atoms in total. The van der Waals surface area contributed by atoms with Gasteiger partial charge in [-0.2, -0.15) is 0 Å².